The zero-order valence-electron chi connectivity index (χ0n) is 9.49. The van der Waals surface area contributed by atoms with Crippen molar-refractivity contribution in [2.45, 2.75) is 30.6 Å². The third kappa shape index (κ3) is 2.21. The van der Waals surface area contributed by atoms with Crippen molar-refractivity contribution >= 4 is 11.8 Å². The molecule has 0 aromatic heterocycles. The Morgan fingerprint density at radius 3 is 2.87 bits per heavy atom. The maximum atomic E-state index is 3.48. The van der Waals surface area contributed by atoms with E-state index in [9.17, 15) is 0 Å². The molecule has 1 aromatic rings. The van der Waals surface area contributed by atoms with Crippen LogP contribution in [0.1, 0.15) is 30.0 Å². The highest BCUT2D eigenvalue weighted by atomic mass is 32.2. The molecule has 1 nitrogen and oxygen atoms in total. The zero-order chi connectivity index (χ0) is 10.7. The van der Waals surface area contributed by atoms with Gasteiger partial charge in [-0.2, -0.15) is 11.8 Å². The Balaban J connectivity index is 2.36. The number of nitrogens with one attached hydrogen (secondary N) is 1. The van der Waals surface area contributed by atoms with Gasteiger partial charge in [-0.1, -0.05) is 24.3 Å². The molecule has 1 aliphatic rings. The molecule has 0 heterocycles. The van der Waals surface area contributed by atoms with Crippen molar-refractivity contribution < 1.29 is 0 Å². The van der Waals surface area contributed by atoms with Crippen molar-refractivity contribution in [1.82, 2.24) is 5.32 Å². The molecule has 0 spiro atoms. The summed E-state index contributed by atoms with van der Waals surface area (Å²) < 4.78 is 0. The first-order chi connectivity index (χ1) is 7.36. The van der Waals surface area contributed by atoms with E-state index < -0.39 is 0 Å². The molecule has 1 aliphatic carbocycles. The van der Waals surface area contributed by atoms with Gasteiger partial charge in [0.15, 0.2) is 0 Å². The van der Waals surface area contributed by atoms with Gasteiger partial charge in [0.2, 0.25) is 0 Å². The summed E-state index contributed by atoms with van der Waals surface area (Å²) in [7, 11) is 2.08. The summed E-state index contributed by atoms with van der Waals surface area (Å²) in [5.41, 5.74) is 3.05. The maximum absolute atomic E-state index is 3.48. The van der Waals surface area contributed by atoms with Gasteiger partial charge in [0.1, 0.15) is 0 Å². The SMILES string of the molecule is CNC1c2ccccc2CCCC1SC. The minimum Gasteiger partial charge on any atom is -0.312 e. The van der Waals surface area contributed by atoms with Gasteiger partial charge in [0, 0.05) is 11.3 Å². The normalized spacial score (nSPS) is 25.7. The molecular formula is C13H19NS. The molecule has 0 saturated heterocycles. The first-order valence-corrected chi connectivity index (χ1v) is 6.93. The first-order valence-electron chi connectivity index (χ1n) is 5.64. The summed E-state index contributed by atoms with van der Waals surface area (Å²) >= 11 is 1.99. The van der Waals surface area contributed by atoms with Crippen LogP contribution in [-0.4, -0.2) is 18.6 Å². The fourth-order valence-electron chi connectivity index (χ4n) is 2.52. The number of thioether (sulfide) groups is 1. The number of benzene rings is 1. The Kier molecular flexibility index (Phi) is 3.71. The number of hydrogen-bond acceptors (Lipinski definition) is 2. The topological polar surface area (TPSA) is 12.0 Å². The fraction of sp³-hybridized carbons (Fsp3) is 0.538. The van der Waals surface area contributed by atoms with Gasteiger partial charge in [0.05, 0.1) is 0 Å². The molecule has 0 bridgehead atoms. The molecule has 1 N–H and O–H groups in total. The van der Waals surface area contributed by atoms with Crippen LogP contribution in [0.2, 0.25) is 0 Å². The molecule has 2 unspecified atom stereocenters. The first kappa shape index (κ1) is 11.0. The molecule has 0 saturated carbocycles. The van der Waals surface area contributed by atoms with Crippen molar-refractivity contribution in [2.75, 3.05) is 13.3 Å². The smallest absolute Gasteiger partial charge is 0.0440 e. The predicted molar refractivity (Wildman–Crippen MR) is 68.5 cm³/mol. The van der Waals surface area contributed by atoms with Crippen LogP contribution in [0, 0.1) is 0 Å². The quantitative estimate of drug-likeness (QED) is 0.770. The molecule has 2 heteroatoms. The van der Waals surface area contributed by atoms with Crippen LogP contribution >= 0.6 is 11.8 Å². The van der Waals surface area contributed by atoms with Crippen molar-refractivity contribution in [2.24, 2.45) is 0 Å². The molecule has 0 radical (unpaired) electrons. The van der Waals surface area contributed by atoms with E-state index in [1.807, 2.05) is 11.8 Å². The largest absolute Gasteiger partial charge is 0.312 e. The average Bonchev–Trinajstić information content (AvgIpc) is 2.47. The summed E-state index contributed by atoms with van der Waals surface area (Å²) in [5, 5.41) is 4.20. The Morgan fingerprint density at radius 2 is 2.13 bits per heavy atom. The summed E-state index contributed by atoms with van der Waals surface area (Å²) in [4.78, 5) is 0. The third-order valence-corrected chi connectivity index (χ3v) is 4.42. The van der Waals surface area contributed by atoms with Crippen molar-refractivity contribution in [1.29, 1.82) is 0 Å². The second kappa shape index (κ2) is 5.04. The monoisotopic (exact) mass is 221 g/mol. The van der Waals surface area contributed by atoms with Crippen molar-refractivity contribution in [3.05, 3.63) is 35.4 Å². The highest BCUT2D eigenvalue weighted by Crippen LogP contribution is 2.34. The van der Waals surface area contributed by atoms with Crippen LogP contribution in [0.4, 0.5) is 0 Å². The van der Waals surface area contributed by atoms with E-state index in [2.05, 4.69) is 42.9 Å². The molecule has 0 amide bonds. The molecule has 15 heavy (non-hydrogen) atoms. The number of hydrogen-bond donors (Lipinski definition) is 1. The van der Waals surface area contributed by atoms with Gasteiger partial charge in [-0.05, 0) is 43.7 Å². The highest BCUT2D eigenvalue weighted by molar-refractivity contribution is 7.99. The van der Waals surface area contributed by atoms with Gasteiger partial charge in [-0.3, -0.25) is 0 Å². The van der Waals surface area contributed by atoms with E-state index >= 15 is 0 Å². The lowest BCUT2D eigenvalue weighted by molar-refractivity contribution is 0.549. The predicted octanol–water partition coefficient (Wildman–Crippen LogP) is 3.02. The number of fused-ring (bicyclic) bond motifs is 1. The van der Waals surface area contributed by atoms with Crippen LogP contribution in [0.5, 0.6) is 0 Å². The molecule has 2 atom stereocenters. The van der Waals surface area contributed by atoms with Gasteiger partial charge in [0.25, 0.3) is 0 Å². The number of aryl methyl sites for hydroxylation is 1. The fourth-order valence-corrected chi connectivity index (χ4v) is 3.48. The minimum atomic E-state index is 0.527. The second-order valence-electron chi connectivity index (χ2n) is 4.13. The van der Waals surface area contributed by atoms with Crippen LogP contribution < -0.4 is 5.32 Å². The van der Waals surface area contributed by atoms with E-state index in [1.54, 1.807) is 0 Å². The van der Waals surface area contributed by atoms with Crippen LogP contribution in [0.15, 0.2) is 24.3 Å². The van der Waals surface area contributed by atoms with Gasteiger partial charge in [-0.15, -0.1) is 0 Å². The van der Waals surface area contributed by atoms with E-state index in [1.165, 1.54) is 30.4 Å². The minimum absolute atomic E-state index is 0.527. The van der Waals surface area contributed by atoms with Crippen molar-refractivity contribution in [3.8, 4) is 0 Å². The Morgan fingerprint density at radius 1 is 1.33 bits per heavy atom. The molecule has 2 rings (SSSR count). The average molecular weight is 221 g/mol. The zero-order valence-corrected chi connectivity index (χ0v) is 10.3. The van der Waals surface area contributed by atoms with Crippen LogP contribution in [-0.2, 0) is 6.42 Å². The Bertz CT molecular complexity index is 324. The van der Waals surface area contributed by atoms with Crippen LogP contribution in [0.3, 0.4) is 0 Å². The van der Waals surface area contributed by atoms with E-state index in [0.717, 1.165) is 5.25 Å². The molecule has 0 aliphatic heterocycles. The lowest BCUT2D eigenvalue weighted by Gasteiger charge is -2.24. The summed E-state index contributed by atoms with van der Waals surface area (Å²) in [5.74, 6) is 0. The summed E-state index contributed by atoms with van der Waals surface area (Å²) in [6.45, 7) is 0. The standard InChI is InChI=1S/C13H19NS/c1-14-13-11-8-4-3-6-10(11)7-5-9-12(13)15-2/h3-4,6,8,12-14H,5,7,9H2,1-2H3. The van der Waals surface area contributed by atoms with Crippen LogP contribution in [0.25, 0.3) is 0 Å². The second-order valence-corrected chi connectivity index (χ2v) is 5.21. The summed E-state index contributed by atoms with van der Waals surface area (Å²) in [6, 6.07) is 9.41. The van der Waals surface area contributed by atoms with E-state index in [0.29, 0.717) is 6.04 Å². The Hall–Kier alpha value is -0.470. The number of rotatable bonds is 2. The lowest BCUT2D eigenvalue weighted by atomic mass is 9.99. The lowest BCUT2D eigenvalue weighted by Crippen LogP contribution is -2.26. The van der Waals surface area contributed by atoms with Gasteiger partial charge >= 0.3 is 0 Å². The van der Waals surface area contributed by atoms with Gasteiger partial charge < -0.3 is 5.32 Å². The van der Waals surface area contributed by atoms with Crippen molar-refractivity contribution in [3.63, 3.8) is 0 Å². The van der Waals surface area contributed by atoms with Gasteiger partial charge in [-0.25, -0.2) is 0 Å². The van der Waals surface area contributed by atoms with E-state index in [-0.39, 0.29) is 0 Å². The summed E-state index contributed by atoms with van der Waals surface area (Å²) in [6.07, 6.45) is 6.11. The molecule has 0 fully saturated rings. The molecule has 1 aromatic carbocycles. The maximum Gasteiger partial charge on any atom is 0.0440 e. The third-order valence-electron chi connectivity index (χ3n) is 3.31. The highest BCUT2D eigenvalue weighted by Gasteiger charge is 2.25. The Labute approximate surface area is 96.7 Å². The van der Waals surface area contributed by atoms with E-state index in [4.69, 9.17) is 0 Å². The molecular weight excluding hydrogens is 202 g/mol. The molecule has 82 valence electrons.